The fourth-order valence-corrected chi connectivity index (χ4v) is 7.30. The van der Waals surface area contributed by atoms with E-state index >= 15 is 0 Å². The van der Waals surface area contributed by atoms with Gasteiger partial charge >= 0.3 is 0 Å². The zero-order valence-electron chi connectivity index (χ0n) is 25.6. The lowest BCUT2D eigenvalue weighted by atomic mass is 9.73. The summed E-state index contributed by atoms with van der Waals surface area (Å²) in [6.45, 7) is 8.61. The lowest BCUT2D eigenvalue weighted by Gasteiger charge is -2.32. The minimum absolute atomic E-state index is 0.0235. The first-order valence-corrected chi connectivity index (χ1v) is 16.1. The number of likely N-dealkylation sites (tertiary alicyclic amines) is 1. The summed E-state index contributed by atoms with van der Waals surface area (Å²) in [6, 6.07) is 16.3. The molecule has 0 radical (unpaired) electrons. The molecule has 2 aromatic carbocycles. The molecule has 0 spiro atoms. The first-order valence-electron chi connectivity index (χ1n) is 15.7. The number of thiocarbonyl (C=S) groups is 1. The number of carbonyl (C=O) groups excluding carboxylic acids is 2. The number of fused-ring (bicyclic) bond motifs is 3. The average molecular weight is 602 g/mol. The van der Waals surface area contributed by atoms with Crippen molar-refractivity contribution in [3.8, 4) is 11.1 Å². The van der Waals surface area contributed by atoms with Crippen LogP contribution < -0.4 is 10.6 Å². The fourth-order valence-electron chi connectivity index (χ4n) is 7.05. The summed E-state index contributed by atoms with van der Waals surface area (Å²) in [4.78, 5) is 30.2. The van der Waals surface area contributed by atoms with E-state index < -0.39 is 11.1 Å². The Balaban J connectivity index is 1.20. The molecule has 228 valence electrons. The highest BCUT2D eigenvalue weighted by atomic mass is 32.1. The number of allylic oxidation sites excluding steroid dienone is 2. The third-order valence-electron chi connectivity index (χ3n) is 9.19. The molecule has 2 aliphatic heterocycles. The molecule has 1 saturated heterocycles. The molecule has 2 N–H and O–H groups in total. The lowest BCUT2D eigenvalue weighted by molar-refractivity contribution is -0.126. The number of unbranched alkanes of at least 4 members (excludes halogenated alkanes) is 1. The summed E-state index contributed by atoms with van der Waals surface area (Å²) in [5.41, 5.74) is 2.50. The number of alkyl halides is 1. The maximum Gasteiger partial charge on any atom is 0.235 e. The van der Waals surface area contributed by atoms with Gasteiger partial charge in [-0.15, -0.1) is 0 Å². The lowest BCUT2D eigenvalue weighted by Crippen LogP contribution is -2.47. The summed E-state index contributed by atoms with van der Waals surface area (Å²) in [5, 5.41) is 6.08. The van der Waals surface area contributed by atoms with Gasteiger partial charge in [0.2, 0.25) is 5.91 Å². The number of nitrogens with one attached hydrogen (secondary N) is 2. The topological polar surface area (TPSA) is 61.4 Å². The van der Waals surface area contributed by atoms with Gasteiger partial charge in [-0.2, -0.15) is 0 Å². The summed E-state index contributed by atoms with van der Waals surface area (Å²) in [7, 11) is 0. The third-order valence-corrected chi connectivity index (χ3v) is 9.56. The van der Waals surface area contributed by atoms with Gasteiger partial charge in [0, 0.05) is 19.0 Å². The van der Waals surface area contributed by atoms with Crippen molar-refractivity contribution in [2.45, 2.75) is 64.0 Å². The highest BCUT2D eigenvalue weighted by Gasteiger charge is 2.48. The van der Waals surface area contributed by atoms with Crippen LogP contribution in [0, 0.1) is 11.8 Å². The number of carbonyl (C=O) groups is 2. The van der Waals surface area contributed by atoms with E-state index in [9.17, 15) is 14.0 Å². The van der Waals surface area contributed by atoms with Crippen LogP contribution in [0.3, 0.4) is 0 Å². The first-order chi connectivity index (χ1) is 20.6. The van der Waals surface area contributed by atoms with Crippen LogP contribution in [0.2, 0.25) is 0 Å². The van der Waals surface area contributed by atoms with Crippen LogP contribution in [-0.2, 0) is 15.0 Å². The zero-order chi connectivity index (χ0) is 30.6. The van der Waals surface area contributed by atoms with E-state index in [1.807, 2.05) is 49.4 Å². The van der Waals surface area contributed by atoms with E-state index in [0.29, 0.717) is 29.4 Å². The van der Waals surface area contributed by atoms with Crippen LogP contribution in [-0.4, -0.2) is 60.0 Å². The molecule has 1 fully saturated rings. The van der Waals surface area contributed by atoms with Crippen LogP contribution in [0.25, 0.3) is 11.1 Å². The standard InChI is InChI=1S/C36H44FN3O2S/c1-25(32(41)29-14-8-10-19-38-33(29)43)22-26-17-21-40(23-26)20-11-9-18-36(34(42)39-24-35(2,3)37)30-15-6-4-12-27(30)28-13-5-7-16-31(28)36/h4-8,10,12-16,25-26H,9,11,17-24H2,1-3H3,(H,38,43)(H,39,42). The average Bonchev–Trinajstić information content (AvgIpc) is 3.47. The molecule has 0 saturated carbocycles. The maximum atomic E-state index is 14.5. The van der Waals surface area contributed by atoms with Crippen molar-refractivity contribution in [2.24, 2.45) is 11.8 Å². The highest BCUT2D eigenvalue weighted by molar-refractivity contribution is 7.80. The Morgan fingerprint density at radius 2 is 1.79 bits per heavy atom. The smallest absolute Gasteiger partial charge is 0.235 e. The van der Waals surface area contributed by atoms with Crippen LogP contribution in [0.15, 0.2) is 72.3 Å². The molecule has 2 unspecified atom stereocenters. The maximum absolute atomic E-state index is 14.5. The van der Waals surface area contributed by atoms with Crippen LogP contribution in [0.5, 0.6) is 0 Å². The first kappa shape index (κ1) is 31.3. The van der Waals surface area contributed by atoms with Crippen molar-refractivity contribution in [3.05, 3.63) is 83.5 Å². The highest BCUT2D eigenvalue weighted by Crippen LogP contribution is 2.51. The normalized spacial score (nSPS) is 20.0. The van der Waals surface area contributed by atoms with E-state index in [2.05, 4.69) is 39.8 Å². The van der Waals surface area contributed by atoms with Crippen LogP contribution in [0.1, 0.15) is 64.0 Å². The molecule has 5 rings (SSSR count). The zero-order valence-corrected chi connectivity index (χ0v) is 26.4. The number of rotatable bonds is 12. The molecular weight excluding hydrogens is 557 g/mol. The van der Waals surface area contributed by atoms with Crippen molar-refractivity contribution in [1.29, 1.82) is 0 Å². The Bertz CT molecular complexity index is 1380. The van der Waals surface area contributed by atoms with Crippen LogP contribution >= 0.6 is 12.2 Å². The number of Topliss-reactive ketones (excluding diaryl/α,β-unsaturated/α-hetero) is 1. The second kappa shape index (κ2) is 13.2. The predicted octanol–water partition coefficient (Wildman–Crippen LogP) is 6.32. The van der Waals surface area contributed by atoms with E-state index in [0.717, 1.165) is 67.6 Å². The number of ketones is 1. The van der Waals surface area contributed by atoms with Gasteiger partial charge in [-0.25, -0.2) is 4.39 Å². The van der Waals surface area contributed by atoms with Gasteiger partial charge in [0.1, 0.15) is 16.1 Å². The van der Waals surface area contributed by atoms with Gasteiger partial charge in [0.15, 0.2) is 5.78 Å². The minimum atomic E-state index is -1.49. The molecule has 1 amide bonds. The Kier molecular flexibility index (Phi) is 9.62. The number of nitrogens with zero attached hydrogens (tertiary/aromatic N) is 1. The summed E-state index contributed by atoms with van der Waals surface area (Å²) in [5.74, 6) is 0.415. The van der Waals surface area contributed by atoms with Crippen LogP contribution in [0.4, 0.5) is 4.39 Å². The molecule has 2 heterocycles. The van der Waals surface area contributed by atoms with Gasteiger partial charge in [0.05, 0.1) is 12.1 Å². The Labute approximate surface area is 261 Å². The Morgan fingerprint density at radius 1 is 1.12 bits per heavy atom. The van der Waals surface area contributed by atoms with Gasteiger partial charge < -0.3 is 15.5 Å². The molecule has 3 aliphatic rings. The second-order valence-electron chi connectivity index (χ2n) is 13.0. The van der Waals surface area contributed by atoms with Crippen molar-refractivity contribution < 1.29 is 14.0 Å². The van der Waals surface area contributed by atoms with E-state index in [-0.39, 0.29) is 24.2 Å². The number of amides is 1. The van der Waals surface area contributed by atoms with Crippen molar-refractivity contribution >= 4 is 28.9 Å². The molecule has 7 heteroatoms. The van der Waals surface area contributed by atoms with Gasteiger partial charge in [-0.1, -0.05) is 86.2 Å². The fraction of sp³-hybridized carbons (Fsp3) is 0.472. The number of benzene rings is 2. The Hall–Kier alpha value is -3.16. The number of hydrogen-bond donors (Lipinski definition) is 2. The summed E-state index contributed by atoms with van der Waals surface area (Å²) < 4.78 is 14.5. The van der Waals surface area contributed by atoms with Gasteiger partial charge in [-0.05, 0) is 86.9 Å². The van der Waals surface area contributed by atoms with Gasteiger partial charge in [0.25, 0.3) is 0 Å². The third kappa shape index (κ3) is 6.83. The SMILES string of the molecule is CC(CC1CCN(CCCCC2(C(=O)NCC(C)(C)F)c3ccccc3-c3ccccc32)C1)C(=O)C1=CC=CCNC1=S. The Morgan fingerprint density at radius 3 is 2.47 bits per heavy atom. The summed E-state index contributed by atoms with van der Waals surface area (Å²) in [6.07, 6.45) is 10.2. The van der Waals surface area contributed by atoms with E-state index in [1.165, 1.54) is 13.8 Å². The molecular formula is C36H44FN3O2S. The van der Waals surface area contributed by atoms with Gasteiger partial charge in [-0.3, -0.25) is 9.59 Å². The molecule has 2 aromatic rings. The van der Waals surface area contributed by atoms with Crippen molar-refractivity contribution in [2.75, 3.05) is 32.7 Å². The second-order valence-corrected chi connectivity index (χ2v) is 13.4. The molecule has 1 aliphatic carbocycles. The van der Waals surface area contributed by atoms with Crippen molar-refractivity contribution in [1.82, 2.24) is 15.5 Å². The molecule has 43 heavy (non-hydrogen) atoms. The van der Waals surface area contributed by atoms with E-state index in [4.69, 9.17) is 12.2 Å². The monoisotopic (exact) mass is 601 g/mol. The number of halogens is 1. The quantitative estimate of drug-likeness (QED) is 0.220. The van der Waals surface area contributed by atoms with E-state index in [1.54, 1.807) is 0 Å². The molecule has 0 bridgehead atoms. The largest absolute Gasteiger partial charge is 0.372 e. The summed E-state index contributed by atoms with van der Waals surface area (Å²) >= 11 is 5.42. The number of hydrogen-bond acceptors (Lipinski definition) is 4. The van der Waals surface area contributed by atoms with Crippen molar-refractivity contribution in [3.63, 3.8) is 0 Å². The minimum Gasteiger partial charge on any atom is -0.372 e. The molecule has 5 nitrogen and oxygen atoms in total. The molecule has 0 aromatic heterocycles. The predicted molar refractivity (Wildman–Crippen MR) is 176 cm³/mol. The molecule has 2 atom stereocenters.